The van der Waals surface area contributed by atoms with Crippen LogP contribution in [0.4, 0.5) is 14.6 Å². The van der Waals surface area contributed by atoms with Gasteiger partial charge in [-0.05, 0) is 53.2 Å². The van der Waals surface area contributed by atoms with E-state index in [1.807, 2.05) is 6.92 Å². The lowest BCUT2D eigenvalue weighted by atomic mass is 9.97. The standard InChI is InChI=1S/C27H37F2N6O7P/c1-7-13-30-21-20-22(33-18(5)32-21)35(15-31-20)25-26(6,28)24(37)27(29,41-25)14-39-43(38,42-19-11-9-8-10-12-19)34-17(4)23(36)40-16(2)3/h8-12,15-17,24-25,37H,7,13-14H2,1-6H3,(H,34,38)(H,30,32,33)/t17-,24-,25+,26+,27+,43?/m0/s1. The van der Waals surface area contributed by atoms with Crippen LogP contribution in [0.25, 0.3) is 11.2 Å². The molecule has 1 saturated heterocycles. The average Bonchev–Trinajstić information content (AvgIpc) is 3.43. The lowest BCUT2D eigenvalue weighted by molar-refractivity contribution is -0.202. The SMILES string of the molecule is CCCNc1nc(C)nc2c1ncn2[C@@H]1O[C@](F)(COP(=O)(N[C@@H](C)C(=O)OC(C)C)Oc2ccccc2)[C@@H](O)[C@@]1(C)F. The number of benzene rings is 1. The predicted molar refractivity (Wildman–Crippen MR) is 153 cm³/mol. The van der Waals surface area contributed by atoms with E-state index in [4.69, 9.17) is 18.5 Å². The highest BCUT2D eigenvalue weighted by Crippen LogP contribution is 2.52. The van der Waals surface area contributed by atoms with Crippen LogP contribution in [0.1, 0.15) is 53.1 Å². The predicted octanol–water partition coefficient (Wildman–Crippen LogP) is 4.37. The van der Waals surface area contributed by atoms with Crippen molar-refractivity contribution >= 4 is 30.7 Å². The van der Waals surface area contributed by atoms with Crippen LogP contribution in [0.15, 0.2) is 36.7 Å². The molecule has 0 amide bonds. The number of anilines is 1. The Morgan fingerprint density at radius 1 is 1.23 bits per heavy atom. The first-order valence-electron chi connectivity index (χ1n) is 13.9. The summed E-state index contributed by atoms with van der Waals surface area (Å²) in [7, 11) is -4.55. The number of esters is 1. The zero-order chi connectivity index (χ0) is 31.6. The van der Waals surface area contributed by atoms with Gasteiger partial charge in [0.05, 0.1) is 12.4 Å². The van der Waals surface area contributed by atoms with Gasteiger partial charge in [-0.2, -0.15) is 5.09 Å². The maximum absolute atomic E-state index is 16.3. The van der Waals surface area contributed by atoms with Gasteiger partial charge in [0, 0.05) is 6.54 Å². The number of aryl methyl sites for hydroxylation is 1. The van der Waals surface area contributed by atoms with Gasteiger partial charge in [0.25, 0.3) is 5.85 Å². The number of fused-ring (bicyclic) bond motifs is 1. The Kier molecular flexibility index (Phi) is 9.72. The summed E-state index contributed by atoms with van der Waals surface area (Å²) >= 11 is 0. The van der Waals surface area contributed by atoms with Crippen LogP contribution < -0.4 is 14.9 Å². The Hall–Kier alpha value is -3.23. The Balaban J connectivity index is 1.61. The number of nitrogens with zero attached hydrogens (tertiary/aromatic N) is 4. The van der Waals surface area contributed by atoms with Crippen LogP contribution in [0.5, 0.6) is 5.75 Å². The highest BCUT2D eigenvalue weighted by molar-refractivity contribution is 7.52. The van der Waals surface area contributed by atoms with E-state index in [1.165, 1.54) is 25.4 Å². The number of para-hydroxylation sites is 1. The molecule has 3 heterocycles. The van der Waals surface area contributed by atoms with E-state index in [-0.39, 0.29) is 11.4 Å². The number of carbonyl (C=O) groups is 1. The summed E-state index contributed by atoms with van der Waals surface area (Å²) < 4.78 is 68.8. The largest absolute Gasteiger partial charge is 0.462 e. The number of hydrogen-bond acceptors (Lipinski definition) is 11. The van der Waals surface area contributed by atoms with Crippen molar-refractivity contribution in [1.29, 1.82) is 0 Å². The number of imidazole rings is 1. The maximum atomic E-state index is 16.3. The van der Waals surface area contributed by atoms with Gasteiger partial charge < -0.3 is 24.4 Å². The monoisotopic (exact) mass is 626 g/mol. The number of hydrogen-bond donors (Lipinski definition) is 3. The zero-order valence-electron chi connectivity index (χ0n) is 24.8. The molecule has 0 aliphatic carbocycles. The third kappa shape index (κ3) is 7.13. The molecule has 0 spiro atoms. The van der Waals surface area contributed by atoms with Crippen molar-refractivity contribution in [2.75, 3.05) is 18.5 Å². The summed E-state index contributed by atoms with van der Waals surface area (Å²) in [6, 6.07) is 6.60. The zero-order valence-corrected chi connectivity index (χ0v) is 25.7. The molecule has 1 aromatic carbocycles. The molecule has 1 fully saturated rings. The molecule has 0 bridgehead atoms. The molecule has 4 rings (SSSR count). The number of aliphatic hydroxyl groups excluding tert-OH is 1. The van der Waals surface area contributed by atoms with E-state index in [1.54, 1.807) is 39.0 Å². The van der Waals surface area contributed by atoms with E-state index < -0.39 is 56.3 Å². The number of aliphatic hydroxyl groups is 1. The molecule has 43 heavy (non-hydrogen) atoms. The van der Waals surface area contributed by atoms with Gasteiger partial charge in [-0.25, -0.2) is 28.3 Å². The summed E-state index contributed by atoms with van der Waals surface area (Å²) in [6.45, 7) is 8.55. The van der Waals surface area contributed by atoms with E-state index in [2.05, 4.69) is 25.4 Å². The first-order valence-corrected chi connectivity index (χ1v) is 15.4. The van der Waals surface area contributed by atoms with E-state index in [0.29, 0.717) is 23.7 Å². The summed E-state index contributed by atoms with van der Waals surface area (Å²) in [6.07, 6.45) is -2.60. The second kappa shape index (κ2) is 12.8. The normalized spacial score (nSPS) is 25.9. The molecule has 16 heteroatoms. The van der Waals surface area contributed by atoms with Crippen molar-refractivity contribution in [2.45, 2.75) is 84.0 Å². The van der Waals surface area contributed by atoms with E-state index >= 15 is 8.78 Å². The summed E-state index contributed by atoms with van der Waals surface area (Å²) in [5, 5.41) is 16.4. The van der Waals surface area contributed by atoms with Gasteiger partial charge in [-0.3, -0.25) is 13.9 Å². The number of nitrogens with one attached hydrogen (secondary N) is 2. The van der Waals surface area contributed by atoms with Crippen molar-refractivity contribution in [1.82, 2.24) is 24.6 Å². The molecule has 6 atom stereocenters. The number of carbonyl (C=O) groups excluding carboxylic acids is 1. The Morgan fingerprint density at radius 3 is 2.58 bits per heavy atom. The van der Waals surface area contributed by atoms with Crippen molar-refractivity contribution in [3.05, 3.63) is 42.5 Å². The Morgan fingerprint density at radius 2 is 1.93 bits per heavy atom. The average molecular weight is 627 g/mol. The van der Waals surface area contributed by atoms with E-state index in [9.17, 15) is 14.5 Å². The molecule has 3 aromatic rings. The molecule has 1 unspecified atom stereocenters. The van der Waals surface area contributed by atoms with Crippen molar-refractivity contribution in [3.63, 3.8) is 0 Å². The second-order valence-electron chi connectivity index (χ2n) is 10.7. The lowest BCUT2D eigenvalue weighted by Gasteiger charge is -2.28. The minimum Gasteiger partial charge on any atom is -0.462 e. The summed E-state index contributed by atoms with van der Waals surface area (Å²) in [5.74, 6) is -3.15. The van der Waals surface area contributed by atoms with E-state index in [0.717, 1.165) is 17.9 Å². The molecule has 0 radical (unpaired) electrons. The van der Waals surface area contributed by atoms with Gasteiger partial charge in [-0.1, -0.05) is 25.1 Å². The minimum absolute atomic E-state index is 0.0733. The van der Waals surface area contributed by atoms with Crippen LogP contribution in [-0.4, -0.2) is 73.5 Å². The van der Waals surface area contributed by atoms with Gasteiger partial charge in [0.15, 0.2) is 35.0 Å². The second-order valence-corrected chi connectivity index (χ2v) is 12.4. The molecule has 3 N–H and O–H groups in total. The number of rotatable bonds is 13. The fraction of sp³-hybridized carbons (Fsp3) is 0.556. The number of aromatic nitrogens is 4. The third-order valence-corrected chi connectivity index (χ3v) is 8.14. The molecule has 2 aromatic heterocycles. The molecular formula is C27H37F2N6O7P. The molecule has 13 nitrogen and oxygen atoms in total. The van der Waals surface area contributed by atoms with Crippen LogP contribution in [0, 0.1) is 6.92 Å². The number of alkyl halides is 2. The topological polar surface area (TPSA) is 159 Å². The first-order chi connectivity index (χ1) is 20.2. The highest BCUT2D eigenvalue weighted by Gasteiger charge is 2.65. The van der Waals surface area contributed by atoms with Crippen LogP contribution in [0.2, 0.25) is 0 Å². The fourth-order valence-corrected chi connectivity index (χ4v) is 5.94. The quantitative estimate of drug-likeness (QED) is 0.182. The summed E-state index contributed by atoms with van der Waals surface area (Å²) in [5.41, 5.74) is -2.28. The van der Waals surface area contributed by atoms with Crippen LogP contribution in [0.3, 0.4) is 0 Å². The Labute approximate surface area is 247 Å². The smallest absolute Gasteiger partial charge is 0.459 e. The van der Waals surface area contributed by atoms with Crippen molar-refractivity contribution < 1.29 is 41.8 Å². The molecule has 0 saturated carbocycles. The molecule has 1 aliphatic heterocycles. The molecule has 1 aliphatic rings. The number of halogens is 2. The van der Waals surface area contributed by atoms with Gasteiger partial charge in [-0.15, -0.1) is 0 Å². The maximum Gasteiger partial charge on any atom is 0.459 e. The van der Waals surface area contributed by atoms with Crippen molar-refractivity contribution in [3.8, 4) is 5.75 Å². The molecular weight excluding hydrogens is 589 g/mol. The third-order valence-electron chi connectivity index (χ3n) is 6.52. The Bertz CT molecular complexity index is 1480. The summed E-state index contributed by atoms with van der Waals surface area (Å²) in [4.78, 5) is 25.4. The van der Waals surface area contributed by atoms with Gasteiger partial charge in [0.2, 0.25) is 0 Å². The fourth-order valence-electron chi connectivity index (χ4n) is 4.43. The van der Waals surface area contributed by atoms with Gasteiger partial charge >= 0.3 is 13.7 Å². The van der Waals surface area contributed by atoms with Crippen LogP contribution in [-0.2, 0) is 23.4 Å². The highest BCUT2D eigenvalue weighted by atomic mass is 31.2. The van der Waals surface area contributed by atoms with Gasteiger partial charge in [0.1, 0.15) is 24.2 Å². The first kappa shape index (κ1) is 32.7. The lowest BCUT2D eigenvalue weighted by Crippen LogP contribution is -2.47. The van der Waals surface area contributed by atoms with Crippen LogP contribution >= 0.6 is 7.75 Å². The minimum atomic E-state index is -4.55. The van der Waals surface area contributed by atoms with Crippen molar-refractivity contribution in [2.24, 2.45) is 0 Å². The molecule has 236 valence electrons. The number of ether oxygens (including phenoxy) is 2.